The largest absolute Gasteiger partial charge is 0.300 e. The van der Waals surface area contributed by atoms with E-state index in [1.807, 2.05) is 0 Å². The van der Waals surface area contributed by atoms with Gasteiger partial charge in [0.05, 0.1) is 5.92 Å². The maximum absolute atomic E-state index is 11.6. The van der Waals surface area contributed by atoms with E-state index in [-0.39, 0.29) is 0 Å². The van der Waals surface area contributed by atoms with Gasteiger partial charge in [0.2, 0.25) is 5.91 Å². The van der Waals surface area contributed by atoms with Crippen molar-refractivity contribution in [1.29, 1.82) is 0 Å². The minimum Gasteiger partial charge on any atom is -0.300 e. The third kappa shape index (κ3) is 0.719. The molecule has 4 aliphatic carbocycles. The fourth-order valence-corrected chi connectivity index (χ4v) is 5.47. The summed E-state index contributed by atoms with van der Waals surface area (Å²) in [6, 6.07) is 0. The summed E-state index contributed by atoms with van der Waals surface area (Å²) in [5, 5.41) is 0.648. The molecule has 70 valence electrons. The Hall–Kier alpha value is -0.180. The minimum absolute atomic E-state index is 0.343. The van der Waals surface area contributed by atoms with Crippen molar-refractivity contribution in [2.45, 2.75) is 24.5 Å². The van der Waals surface area contributed by atoms with Crippen molar-refractivity contribution in [1.82, 2.24) is 4.72 Å². The molecule has 5 aliphatic rings. The maximum atomic E-state index is 11.6. The molecular weight excluding hydrogens is 182 g/mol. The minimum atomic E-state index is 0.343. The van der Waals surface area contributed by atoms with Crippen LogP contribution in [0.1, 0.15) is 19.3 Å². The van der Waals surface area contributed by atoms with Crippen LogP contribution in [-0.4, -0.2) is 11.2 Å². The van der Waals surface area contributed by atoms with Crippen molar-refractivity contribution in [2.75, 3.05) is 0 Å². The number of fused-ring (bicyclic) bond motifs is 1. The van der Waals surface area contributed by atoms with Crippen molar-refractivity contribution >= 4 is 17.9 Å². The highest BCUT2D eigenvalue weighted by molar-refractivity contribution is 7.99. The van der Waals surface area contributed by atoms with E-state index in [0.717, 1.165) is 23.7 Å². The molecule has 6 atom stereocenters. The van der Waals surface area contributed by atoms with Gasteiger partial charge in [-0.15, -0.1) is 0 Å². The van der Waals surface area contributed by atoms with E-state index in [1.54, 1.807) is 11.9 Å². The zero-order valence-electron chi connectivity index (χ0n) is 7.40. The Morgan fingerprint density at radius 3 is 2.85 bits per heavy atom. The van der Waals surface area contributed by atoms with Crippen molar-refractivity contribution in [3.05, 3.63) is 0 Å². The first-order valence-electron chi connectivity index (χ1n) is 5.32. The van der Waals surface area contributed by atoms with Crippen LogP contribution >= 0.6 is 11.9 Å². The van der Waals surface area contributed by atoms with Gasteiger partial charge in [0.1, 0.15) is 0 Å². The van der Waals surface area contributed by atoms with Crippen molar-refractivity contribution in [3.63, 3.8) is 0 Å². The molecule has 1 saturated heterocycles. The molecule has 4 saturated carbocycles. The number of amides is 1. The molecule has 2 nitrogen and oxygen atoms in total. The fourth-order valence-electron chi connectivity index (χ4n) is 4.10. The van der Waals surface area contributed by atoms with E-state index >= 15 is 0 Å². The molecule has 1 amide bonds. The van der Waals surface area contributed by atoms with E-state index in [0.29, 0.717) is 17.1 Å². The van der Waals surface area contributed by atoms with E-state index in [1.165, 1.54) is 19.3 Å². The van der Waals surface area contributed by atoms with Gasteiger partial charge in [-0.3, -0.25) is 9.52 Å². The van der Waals surface area contributed by atoms with Crippen LogP contribution in [0.15, 0.2) is 0 Å². The Morgan fingerprint density at radius 2 is 1.92 bits per heavy atom. The molecule has 1 N–H and O–H groups in total. The fraction of sp³-hybridized carbons (Fsp3) is 0.900. The molecular formula is C10H13NOS. The van der Waals surface area contributed by atoms with Crippen LogP contribution in [0.25, 0.3) is 0 Å². The van der Waals surface area contributed by atoms with Crippen molar-refractivity contribution in [3.8, 4) is 0 Å². The summed E-state index contributed by atoms with van der Waals surface area (Å²) in [5.41, 5.74) is 0. The molecule has 6 unspecified atom stereocenters. The summed E-state index contributed by atoms with van der Waals surface area (Å²) in [5.74, 6) is 4.34. The van der Waals surface area contributed by atoms with Crippen LogP contribution in [0.5, 0.6) is 0 Å². The smallest absolute Gasteiger partial charge is 0.234 e. The Balaban J connectivity index is 1.79. The Bertz CT molecular complexity index is 291. The molecule has 2 bridgehead atoms. The average Bonchev–Trinajstić information content (AvgIpc) is 2.88. The van der Waals surface area contributed by atoms with Crippen LogP contribution in [0, 0.1) is 29.6 Å². The molecule has 1 heterocycles. The van der Waals surface area contributed by atoms with Gasteiger partial charge in [-0.2, -0.15) is 0 Å². The first kappa shape index (κ1) is 7.16. The second kappa shape index (κ2) is 2.08. The van der Waals surface area contributed by atoms with Gasteiger partial charge in [-0.25, -0.2) is 0 Å². The number of carbonyl (C=O) groups is 1. The lowest BCUT2D eigenvalue weighted by atomic mass is 9.64. The Labute approximate surface area is 82.0 Å². The van der Waals surface area contributed by atoms with Gasteiger partial charge in [-0.1, -0.05) is 0 Å². The van der Waals surface area contributed by atoms with Crippen LogP contribution in [0.2, 0.25) is 0 Å². The van der Waals surface area contributed by atoms with Gasteiger partial charge in [0, 0.05) is 5.25 Å². The lowest BCUT2D eigenvalue weighted by Gasteiger charge is -2.42. The number of hydrogen-bond acceptors (Lipinski definition) is 2. The lowest BCUT2D eigenvalue weighted by molar-refractivity contribution is -0.126. The molecule has 5 rings (SSSR count). The molecule has 0 aromatic rings. The topological polar surface area (TPSA) is 29.1 Å². The molecule has 3 heteroatoms. The van der Waals surface area contributed by atoms with Crippen LogP contribution in [-0.2, 0) is 4.79 Å². The quantitative estimate of drug-likeness (QED) is 0.592. The highest BCUT2D eigenvalue weighted by Gasteiger charge is 2.64. The predicted molar refractivity (Wildman–Crippen MR) is 50.8 cm³/mol. The van der Waals surface area contributed by atoms with E-state index in [9.17, 15) is 4.79 Å². The normalized spacial score (nSPS) is 61.4. The van der Waals surface area contributed by atoms with Crippen LogP contribution < -0.4 is 4.72 Å². The predicted octanol–water partition coefficient (Wildman–Crippen LogP) is 1.43. The zero-order valence-corrected chi connectivity index (χ0v) is 8.22. The third-order valence-electron chi connectivity index (χ3n) is 4.66. The number of rotatable bonds is 0. The first-order valence-corrected chi connectivity index (χ1v) is 6.20. The number of carbonyl (C=O) groups excluding carboxylic acids is 1. The molecule has 0 spiro atoms. The monoisotopic (exact) mass is 195 g/mol. The summed E-state index contributed by atoms with van der Waals surface area (Å²) in [4.78, 5) is 11.6. The second-order valence-electron chi connectivity index (χ2n) is 5.04. The standard InChI is InChI=1S/C10H13NOS/c12-10-8-4-1-2-5(7-3-6(4)7)9(8)13-11-10/h4-9H,1-3H2,(H,11,12). The summed E-state index contributed by atoms with van der Waals surface area (Å²) < 4.78 is 2.98. The summed E-state index contributed by atoms with van der Waals surface area (Å²) in [7, 11) is 0. The van der Waals surface area contributed by atoms with Gasteiger partial charge < -0.3 is 0 Å². The van der Waals surface area contributed by atoms with Crippen molar-refractivity contribution in [2.24, 2.45) is 29.6 Å². The van der Waals surface area contributed by atoms with Crippen LogP contribution in [0.3, 0.4) is 0 Å². The third-order valence-corrected chi connectivity index (χ3v) is 5.89. The summed E-state index contributed by atoms with van der Waals surface area (Å²) >= 11 is 1.73. The Kier molecular flexibility index (Phi) is 1.14. The highest BCUT2D eigenvalue weighted by Crippen LogP contribution is 2.67. The number of nitrogens with one attached hydrogen (secondary N) is 1. The molecule has 0 aromatic carbocycles. The molecule has 13 heavy (non-hydrogen) atoms. The van der Waals surface area contributed by atoms with Crippen LogP contribution in [0.4, 0.5) is 0 Å². The Morgan fingerprint density at radius 1 is 1.15 bits per heavy atom. The molecule has 0 aromatic heterocycles. The van der Waals surface area contributed by atoms with Crippen molar-refractivity contribution < 1.29 is 4.79 Å². The van der Waals surface area contributed by atoms with Gasteiger partial charge in [-0.05, 0) is 54.9 Å². The highest BCUT2D eigenvalue weighted by atomic mass is 32.2. The van der Waals surface area contributed by atoms with Gasteiger partial charge in [0.15, 0.2) is 0 Å². The van der Waals surface area contributed by atoms with E-state index in [4.69, 9.17) is 0 Å². The van der Waals surface area contributed by atoms with Gasteiger partial charge >= 0.3 is 0 Å². The number of hydrogen-bond donors (Lipinski definition) is 1. The summed E-state index contributed by atoms with van der Waals surface area (Å²) in [6.45, 7) is 0. The lowest BCUT2D eigenvalue weighted by Crippen LogP contribution is -2.44. The maximum Gasteiger partial charge on any atom is 0.234 e. The zero-order chi connectivity index (χ0) is 8.58. The van der Waals surface area contributed by atoms with E-state index in [2.05, 4.69) is 4.72 Å². The van der Waals surface area contributed by atoms with Gasteiger partial charge in [0.25, 0.3) is 0 Å². The average molecular weight is 195 g/mol. The van der Waals surface area contributed by atoms with E-state index < -0.39 is 0 Å². The second-order valence-corrected chi connectivity index (χ2v) is 6.03. The summed E-state index contributed by atoms with van der Waals surface area (Å²) in [6.07, 6.45) is 4.17. The molecule has 1 aliphatic heterocycles. The molecule has 0 radical (unpaired) electrons. The molecule has 5 fully saturated rings. The SMILES string of the molecule is O=C1NSC2C3CCC(C4CC43)C12. The first-order chi connectivity index (χ1) is 6.36.